The minimum Gasteiger partial charge on any atom is -0.254 e. The van der Waals surface area contributed by atoms with Gasteiger partial charge in [0.2, 0.25) is 0 Å². The van der Waals surface area contributed by atoms with Crippen molar-refractivity contribution in [3.05, 3.63) is 6.33 Å². The summed E-state index contributed by atoms with van der Waals surface area (Å²) in [6.45, 7) is 2.20. The van der Waals surface area contributed by atoms with Crippen LogP contribution >= 0.6 is 27.7 Å². The van der Waals surface area contributed by atoms with Gasteiger partial charge in [0, 0.05) is 11.1 Å². The first-order valence-corrected chi connectivity index (χ1v) is 6.01. The molecule has 68 valence electrons. The smallest absolute Gasteiger partial charge is 0.183 e. The molecule has 0 aromatic carbocycles. The highest BCUT2D eigenvalue weighted by molar-refractivity contribution is 9.09. The van der Waals surface area contributed by atoms with E-state index in [1.54, 1.807) is 11.8 Å². The molecule has 0 bridgehead atoms. The first-order valence-electron chi connectivity index (χ1n) is 3.91. The van der Waals surface area contributed by atoms with E-state index in [1.165, 1.54) is 12.7 Å². The van der Waals surface area contributed by atoms with Crippen molar-refractivity contribution < 1.29 is 0 Å². The number of rotatable bonds is 5. The fraction of sp³-hybridized carbons (Fsp3) is 0.714. The van der Waals surface area contributed by atoms with E-state index in [-0.39, 0.29) is 0 Å². The van der Waals surface area contributed by atoms with Gasteiger partial charge in [0.15, 0.2) is 5.16 Å². The Morgan fingerprint density at radius 2 is 2.58 bits per heavy atom. The lowest BCUT2D eigenvalue weighted by molar-refractivity contribution is 0.651. The normalized spacial score (nSPS) is 13.2. The summed E-state index contributed by atoms with van der Waals surface area (Å²) >= 11 is 5.21. The molecular formula is C7H12BrN3S. The van der Waals surface area contributed by atoms with E-state index < -0.39 is 0 Å². The molecule has 0 radical (unpaired) electrons. The molecule has 3 nitrogen and oxygen atoms in total. The van der Waals surface area contributed by atoms with Crippen molar-refractivity contribution in [3.63, 3.8) is 0 Å². The number of alkyl halides is 1. The number of nitrogens with one attached hydrogen (secondary N) is 1. The van der Waals surface area contributed by atoms with Gasteiger partial charge < -0.3 is 0 Å². The van der Waals surface area contributed by atoms with Crippen molar-refractivity contribution in [2.45, 2.75) is 18.5 Å². The Morgan fingerprint density at radius 3 is 3.08 bits per heavy atom. The lowest BCUT2D eigenvalue weighted by Gasteiger charge is -2.08. The Hall–Kier alpha value is -0.0300. The summed E-state index contributed by atoms with van der Waals surface area (Å²) in [6, 6.07) is 0. The number of thioether (sulfide) groups is 1. The quantitative estimate of drug-likeness (QED) is 0.644. The second kappa shape index (κ2) is 5.59. The molecule has 1 heterocycles. The van der Waals surface area contributed by atoms with Crippen molar-refractivity contribution in [3.8, 4) is 0 Å². The van der Waals surface area contributed by atoms with Crippen molar-refractivity contribution in [1.82, 2.24) is 15.2 Å². The molecule has 0 saturated carbocycles. The largest absolute Gasteiger partial charge is 0.254 e. The van der Waals surface area contributed by atoms with Gasteiger partial charge in [-0.2, -0.15) is 5.10 Å². The number of hydrogen-bond acceptors (Lipinski definition) is 3. The SMILES string of the molecule is CCC(CBr)CSc1ncn[nH]1. The van der Waals surface area contributed by atoms with Crippen LogP contribution in [0.4, 0.5) is 0 Å². The highest BCUT2D eigenvalue weighted by atomic mass is 79.9. The Balaban J connectivity index is 2.25. The van der Waals surface area contributed by atoms with Crippen molar-refractivity contribution in [2.24, 2.45) is 5.92 Å². The Labute approximate surface area is 84.9 Å². The zero-order valence-corrected chi connectivity index (χ0v) is 9.36. The molecular weight excluding hydrogens is 238 g/mol. The topological polar surface area (TPSA) is 41.6 Å². The van der Waals surface area contributed by atoms with E-state index in [0.717, 1.165) is 22.2 Å². The zero-order valence-electron chi connectivity index (χ0n) is 6.96. The lowest BCUT2D eigenvalue weighted by Crippen LogP contribution is -2.03. The number of aromatic nitrogens is 3. The molecule has 0 aliphatic heterocycles. The molecule has 0 aliphatic carbocycles. The summed E-state index contributed by atoms with van der Waals surface area (Å²) in [7, 11) is 0. The summed E-state index contributed by atoms with van der Waals surface area (Å²) in [5, 5.41) is 8.58. The van der Waals surface area contributed by atoms with Crippen LogP contribution < -0.4 is 0 Å². The molecule has 1 aromatic rings. The molecule has 5 heteroatoms. The van der Waals surface area contributed by atoms with Crippen LogP contribution in [0.25, 0.3) is 0 Å². The maximum atomic E-state index is 4.04. The van der Waals surface area contributed by atoms with E-state index >= 15 is 0 Å². The third-order valence-corrected chi connectivity index (χ3v) is 3.67. The minimum atomic E-state index is 0.722. The Morgan fingerprint density at radius 1 is 1.75 bits per heavy atom. The third-order valence-electron chi connectivity index (χ3n) is 1.64. The minimum absolute atomic E-state index is 0.722. The zero-order chi connectivity index (χ0) is 8.81. The van der Waals surface area contributed by atoms with E-state index in [0.29, 0.717) is 0 Å². The Bertz CT molecular complexity index is 198. The van der Waals surface area contributed by atoms with E-state index in [1.807, 2.05) is 0 Å². The highest BCUT2D eigenvalue weighted by Crippen LogP contribution is 2.18. The number of aromatic amines is 1. The summed E-state index contributed by atoms with van der Waals surface area (Å²) in [5.41, 5.74) is 0. The van der Waals surface area contributed by atoms with E-state index in [9.17, 15) is 0 Å². The summed E-state index contributed by atoms with van der Waals surface area (Å²) in [4.78, 5) is 4.04. The average Bonchev–Trinajstić information content (AvgIpc) is 2.59. The standard InChI is InChI=1S/C7H12BrN3S/c1-2-6(3-8)4-12-7-9-5-10-11-7/h5-6H,2-4H2,1H3,(H,9,10,11). The third kappa shape index (κ3) is 3.15. The highest BCUT2D eigenvalue weighted by Gasteiger charge is 2.05. The second-order valence-corrected chi connectivity index (χ2v) is 4.19. The molecule has 12 heavy (non-hydrogen) atoms. The molecule has 1 aromatic heterocycles. The summed E-state index contributed by atoms with van der Waals surface area (Å²) in [5.74, 6) is 1.82. The van der Waals surface area contributed by atoms with Crippen LogP contribution in [0, 0.1) is 5.92 Å². The molecule has 0 aliphatic rings. The molecule has 0 fully saturated rings. The van der Waals surface area contributed by atoms with Gasteiger partial charge in [-0.1, -0.05) is 41.0 Å². The van der Waals surface area contributed by atoms with Crippen LogP contribution in [0.1, 0.15) is 13.3 Å². The summed E-state index contributed by atoms with van der Waals surface area (Å²) in [6.07, 6.45) is 2.74. The number of halogens is 1. The number of H-pyrrole nitrogens is 1. The molecule has 0 saturated heterocycles. The lowest BCUT2D eigenvalue weighted by atomic mass is 10.2. The van der Waals surface area contributed by atoms with Gasteiger partial charge in [-0.05, 0) is 5.92 Å². The van der Waals surface area contributed by atoms with Crippen LogP contribution in [0.5, 0.6) is 0 Å². The van der Waals surface area contributed by atoms with Crippen molar-refractivity contribution in [2.75, 3.05) is 11.1 Å². The molecule has 1 N–H and O–H groups in total. The number of hydrogen-bond donors (Lipinski definition) is 1. The Kier molecular flexibility index (Phi) is 4.68. The van der Waals surface area contributed by atoms with Crippen LogP contribution in [-0.2, 0) is 0 Å². The first-order chi connectivity index (χ1) is 5.86. The average molecular weight is 250 g/mol. The van der Waals surface area contributed by atoms with Gasteiger partial charge >= 0.3 is 0 Å². The first kappa shape index (κ1) is 10.1. The molecule has 1 unspecified atom stereocenters. The van der Waals surface area contributed by atoms with Crippen molar-refractivity contribution in [1.29, 1.82) is 0 Å². The van der Waals surface area contributed by atoms with Gasteiger partial charge in [-0.25, -0.2) is 4.98 Å². The predicted octanol–water partition coefficient (Wildman–Crippen LogP) is 2.32. The monoisotopic (exact) mass is 249 g/mol. The fourth-order valence-corrected chi connectivity index (χ4v) is 2.71. The van der Waals surface area contributed by atoms with E-state index in [2.05, 4.69) is 38.0 Å². The van der Waals surface area contributed by atoms with Crippen LogP contribution in [-0.4, -0.2) is 26.3 Å². The van der Waals surface area contributed by atoms with Gasteiger partial charge in [-0.15, -0.1) is 0 Å². The predicted molar refractivity (Wildman–Crippen MR) is 54.7 cm³/mol. The maximum absolute atomic E-state index is 4.04. The van der Waals surface area contributed by atoms with Crippen LogP contribution in [0.15, 0.2) is 11.5 Å². The van der Waals surface area contributed by atoms with E-state index in [4.69, 9.17) is 0 Å². The molecule has 1 atom stereocenters. The van der Waals surface area contributed by atoms with Gasteiger partial charge in [0.05, 0.1) is 0 Å². The molecule has 0 spiro atoms. The van der Waals surface area contributed by atoms with Gasteiger partial charge in [-0.3, -0.25) is 5.10 Å². The molecule has 1 rings (SSSR count). The van der Waals surface area contributed by atoms with Crippen molar-refractivity contribution >= 4 is 27.7 Å². The van der Waals surface area contributed by atoms with Gasteiger partial charge in [0.25, 0.3) is 0 Å². The maximum Gasteiger partial charge on any atom is 0.183 e. The second-order valence-electron chi connectivity index (χ2n) is 2.53. The number of nitrogens with zero attached hydrogens (tertiary/aromatic N) is 2. The fourth-order valence-electron chi connectivity index (χ4n) is 0.732. The summed E-state index contributed by atoms with van der Waals surface area (Å²) < 4.78 is 0. The van der Waals surface area contributed by atoms with Crippen LogP contribution in [0.3, 0.4) is 0 Å². The van der Waals surface area contributed by atoms with Gasteiger partial charge in [0.1, 0.15) is 6.33 Å². The molecule has 0 amide bonds. The van der Waals surface area contributed by atoms with Crippen LogP contribution in [0.2, 0.25) is 0 Å².